The van der Waals surface area contributed by atoms with Crippen molar-refractivity contribution in [1.82, 2.24) is 4.90 Å². The molecule has 0 spiro atoms. The van der Waals surface area contributed by atoms with Gasteiger partial charge in [0, 0.05) is 11.6 Å². The normalized spacial score (nSPS) is 13.7. The van der Waals surface area contributed by atoms with E-state index in [9.17, 15) is 9.90 Å². The monoisotopic (exact) mass is 370 g/mol. The molecule has 0 radical (unpaired) electrons. The van der Waals surface area contributed by atoms with Crippen molar-refractivity contribution in [3.05, 3.63) is 34.9 Å². The topological polar surface area (TPSA) is 107 Å². The first kappa shape index (κ1) is 21.9. The van der Waals surface area contributed by atoms with Crippen LogP contribution in [0.25, 0.3) is 0 Å². The smallest absolute Gasteiger partial charge is 0.451 e. The van der Waals surface area contributed by atoms with Gasteiger partial charge in [-0.05, 0) is 56.9 Å². The summed E-state index contributed by atoms with van der Waals surface area (Å²) in [5.41, 5.74) is 5.94. The van der Waals surface area contributed by atoms with Crippen LogP contribution in [0, 0.1) is 0 Å². The number of carboxylic acid groups (broad SMARTS) is 1. The molecule has 0 saturated heterocycles. The lowest BCUT2D eigenvalue weighted by atomic mass is 9.81. The minimum Gasteiger partial charge on any atom is -0.480 e. The van der Waals surface area contributed by atoms with Gasteiger partial charge in [-0.2, -0.15) is 0 Å². The molecule has 0 aromatic heterocycles. The number of hydrogen-bond acceptors (Lipinski definition) is 5. The SMILES string of the molecule is CN(CCCC(N)(CCCCB(O)O)C(=O)O)Cc1ccc(Cl)cc1. The molecular formula is C17H28BClN2O4. The Morgan fingerprint density at radius 3 is 2.36 bits per heavy atom. The highest BCUT2D eigenvalue weighted by molar-refractivity contribution is 6.40. The van der Waals surface area contributed by atoms with Crippen molar-refractivity contribution in [2.24, 2.45) is 5.73 Å². The van der Waals surface area contributed by atoms with Crippen LogP contribution in [0.4, 0.5) is 0 Å². The Morgan fingerprint density at radius 2 is 1.80 bits per heavy atom. The molecule has 0 fully saturated rings. The molecule has 140 valence electrons. The van der Waals surface area contributed by atoms with Gasteiger partial charge >= 0.3 is 13.1 Å². The summed E-state index contributed by atoms with van der Waals surface area (Å²) in [4.78, 5) is 13.6. The van der Waals surface area contributed by atoms with E-state index in [1.807, 2.05) is 31.3 Å². The van der Waals surface area contributed by atoms with E-state index in [1.54, 1.807) is 0 Å². The number of carbonyl (C=O) groups is 1. The Bertz CT molecular complexity index is 530. The molecule has 5 N–H and O–H groups in total. The summed E-state index contributed by atoms with van der Waals surface area (Å²) in [5, 5.41) is 27.8. The molecule has 1 unspecified atom stereocenters. The van der Waals surface area contributed by atoms with Crippen LogP contribution in [-0.4, -0.2) is 52.3 Å². The number of carboxylic acids is 1. The van der Waals surface area contributed by atoms with Crippen molar-refractivity contribution >= 4 is 24.7 Å². The summed E-state index contributed by atoms with van der Waals surface area (Å²) in [7, 11) is 0.634. The lowest BCUT2D eigenvalue weighted by Crippen LogP contribution is -2.48. The van der Waals surface area contributed by atoms with Crippen molar-refractivity contribution in [3.63, 3.8) is 0 Å². The highest BCUT2D eigenvalue weighted by atomic mass is 35.5. The van der Waals surface area contributed by atoms with Gasteiger partial charge in [-0.1, -0.05) is 36.6 Å². The highest BCUT2D eigenvalue weighted by Crippen LogP contribution is 2.20. The Kier molecular flexibility index (Phi) is 9.46. The van der Waals surface area contributed by atoms with Crippen LogP contribution in [0.3, 0.4) is 0 Å². The maximum absolute atomic E-state index is 11.5. The Morgan fingerprint density at radius 1 is 1.20 bits per heavy atom. The van der Waals surface area contributed by atoms with Gasteiger partial charge in [0.25, 0.3) is 0 Å². The van der Waals surface area contributed by atoms with Crippen molar-refractivity contribution in [3.8, 4) is 0 Å². The third-order valence-corrected chi connectivity index (χ3v) is 4.54. The van der Waals surface area contributed by atoms with E-state index < -0.39 is 18.6 Å². The first-order chi connectivity index (χ1) is 11.7. The summed E-state index contributed by atoms with van der Waals surface area (Å²) in [6.45, 7) is 1.50. The Balaban J connectivity index is 2.38. The predicted molar refractivity (Wildman–Crippen MR) is 100 cm³/mol. The zero-order valence-electron chi connectivity index (χ0n) is 14.7. The van der Waals surface area contributed by atoms with E-state index in [0.29, 0.717) is 37.1 Å². The van der Waals surface area contributed by atoms with Crippen LogP contribution < -0.4 is 5.73 Å². The van der Waals surface area contributed by atoms with Gasteiger partial charge in [-0.3, -0.25) is 4.79 Å². The quantitative estimate of drug-likeness (QED) is 0.331. The average Bonchev–Trinajstić information content (AvgIpc) is 2.53. The number of nitrogens with two attached hydrogens (primary N) is 1. The number of unbranched alkanes of at least 4 members (excludes halogenated alkanes) is 1. The number of halogens is 1. The second kappa shape index (κ2) is 10.8. The minimum absolute atomic E-state index is 0.236. The molecule has 8 heteroatoms. The third-order valence-electron chi connectivity index (χ3n) is 4.29. The Hall–Kier alpha value is -1.12. The van der Waals surface area contributed by atoms with E-state index in [1.165, 1.54) is 0 Å². The van der Waals surface area contributed by atoms with Crippen LogP contribution in [0.2, 0.25) is 11.3 Å². The predicted octanol–water partition coefficient (Wildman–Crippen LogP) is 1.98. The lowest BCUT2D eigenvalue weighted by molar-refractivity contribution is -0.144. The second-order valence-electron chi connectivity index (χ2n) is 6.66. The molecule has 1 aromatic rings. The van der Waals surface area contributed by atoms with Crippen LogP contribution in [0.15, 0.2) is 24.3 Å². The minimum atomic E-state index is -1.35. The summed E-state index contributed by atoms with van der Waals surface area (Å²) >= 11 is 5.87. The highest BCUT2D eigenvalue weighted by Gasteiger charge is 2.32. The maximum Gasteiger partial charge on any atom is 0.451 e. The van der Waals surface area contributed by atoms with Gasteiger partial charge in [-0.25, -0.2) is 0 Å². The Labute approximate surface area is 154 Å². The fraction of sp³-hybridized carbons (Fsp3) is 0.588. The molecule has 0 amide bonds. The zero-order chi connectivity index (χ0) is 18.9. The van der Waals surface area contributed by atoms with E-state index in [-0.39, 0.29) is 6.32 Å². The summed E-state index contributed by atoms with van der Waals surface area (Å²) in [5.74, 6) is -1.00. The van der Waals surface area contributed by atoms with E-state index in [2.05, 4.69) is 4.90 Å². The van der Waals surface area contributed by atoms with E-state index in [0.717, 1.165) is 18.7 Å². The van der Waals surface area contributed by atoms with Gasteiger partial charge < -0.3 is 25.8 Å². The fourth-order valence-electron chi connectivity index (χ4n) is 2.75. The molecule has 6 nitrogen and oxygen atoms in total. The summed E-state index contributed by atoms with van der Waals surface area (Å²) < 4.78 is 0. The maximum atomic E-state index is 11.5. The molecular weight excluding hydrogens is 342 g/mol. The van der Waals surface area contributed by atoms with Gasteiger partial charge in [0.2, 0.25) is 0 Å². The molecule has 0 bridgehead atoms. The zero-order valence-corrected chi connectivity index (χ0v) is 15.5. The van der Waals surface area contributed by atoms with Crippen LogP contribution >= 0.6 is 11.6 Å². The van der Waals surface area contributed by atoms with E-state index >= 15 is 0 Å². The number of hydrogen-bond donors (Lipinski definition) is 4. The molecule has 1 rings (SSSR count). The van der Waals surface area contributed by atoms with Crippen molar-refractivity contribution in [1.29, 1.82) is 0 Å². The molecule has 0 heterocycles. The molecule has 0 aliphatic heterocycles. The summed E-state index contributed by atoms with van der Waals surface area (Å²) in [6.07, 6.45) is 2.72. The van der Waals surface area contributed by atoms with Crippen molar-refractivity contribution < 1.29 is 19.9 Å². The van der Waals surface area contributed by atoms with Crippen LogP contribution in [0.5, 0.6) is 0 Å². The van der Waals surface area contributed by atoms with Crippen LogP contribution in [0.1, 0.15) is 37.7 Å². The number of rotatable bonds is 12. The largest absolute Gasteiger partial charge is 0.480 e. The van der Waals surface area contributed by atoms with Gasteiger partial charge in [0.1, 0.15) is 5.54 Å². The number of benzene rings is 1. The molecule has 0 saturated carbocycles. The second-order valence-corrected chi connectivity index (χ2v) is 7.09. The van der Waals surface area contributed by atoms with Gasteiger partial charge in [0.15, 0.2) is 0 Å². The average molecular weight is 371 g/mol. The molecule has 25 heavy (non-hydrogen) atoms. The summed E-state index contributed by atoms with van der Waals surface area (Å²) in [6, 6.07) is 7.64. The number of aliphatic carboxylic acids is 1. The standard InChI is InChI=1S/C17H28BClN2O4/c1-21(13-14-5-7-15(19)8-6-14)12-4-10-17(20,16(22)23)9-2-3-11-18(24)25/h5-8,24-25H,2-4,9-13,20H2,1H3,(H,22,23). The fourth-order valence-corrected chi connectivity index (χ4v) is 2.88. The molecule has 0 aliphatic carbocycles. The molecule has 0 aliphatic rings. The lowest BCUT2D eigenvalue weighted by Gasteiger charge is -2.26. The van der Waals surface area contributed by atoms with Crippen LogP contribution in [-0.2, 0) is 11.3 Å². The van der Waals surface area contributed by atoms with Gasteiger partial charge in [0.05, 0.1) is 0 Å². The van der Waals surface area contributed by atoms with Crippen molar-refractivity contribution in [2.45, 2.75) is 50.5 Å². The van der Waals surface area contributed by atoms with Gasteiger partial charge in [-0.15, -0.1) is 0 Å². The first-order valence-electron chi connectivity index (χ1n) is 8.54. The van der Waals surface area contributed by atoms with E-state index in [4.69, 9.17) is 27.4 Å². The third kappa shape index (κ3) is 8.69. The first-order valence-corrected chi connectivity index (χ1v) is 8.92. The molecule has 1 atom stereocenters. The number of nitrogens with zero attached hydrogens (tertiary/aromatic N) is 1. The molecule has 1 aromatic carbocycles. The van der Waals surface area contributed by atoms with Crippen molar-refractivity contribution in [2.75, 3.05) is 13.6 Å².